The smallest absolute Gasteiger partial charge is 0.363 e. The quantitative estimate of drug-likeness (QED) is 0.493. The fourth-order valence-electron chi connectivity index (χ4n) is 0.842. The van der Waals surface area contributed by atoms with E-state index in [2.05, 4.69) is 4.98 Å². The van der Waals surface area contributed by atoms with Crippen LogP contribution < -0.4 is 4.74 Å². The summed E-state index contributed by atoms with van der Waals surface area (Å²) in [6.07, 6.45) is 1.34. The third kappa shape index (κ3) is 1.50. The molecule has 0 saturated heterocycles. The lowest BCUT2D eigenvalue weighted by atomic mass is 10.3. The summed E-state index contributed by atoms with van der Waals surface area (Å²) >= 11 is 0. The molecule has 0 aliphatic rings. The van der Waals surface area contributed by atoms with Gasteiger partial charge in [0, 0.05) is 11.6 Å². The second kappa shape index (κ2) is 3.17. The highest BCUT2D eigenvalue weighted by molar-refractivity contribution is 5.35. The van der Waals surface area contributed by atoms with Gasteiger partial charge in [-0.1, -0.05) is 0 Å². The van der Waals surface area contributed by atoms with Crippen molar-refractivity contribution >= 4 is 5.82 Å². The molecule has 0 radical (unpaired) electrons. The van der Waals surface area contributed by atoms with Crippen LogP contribution in [0.25, 0.3) is 0 Å². The van der Waals surface area contributed by atoms with Crippen LogP contribution >= 0.6 is 0 Å². The first-order valence-corrected chi connectivity index (χ1v) is 3.30. The monoisotopic (exact) mass is 168 g/mol. The zero-order valence-corrected chi connectivity index (χ0v) is 6.77. The van der Waals surface area contributed by atoms with Crippen LogP contribution in [-0.4, -0.2) is 17.0 Å². The molecule has 0 bridgehead atoms. The Morgan fingerprint density at radius 1 is 1.67 bits per heavy atom. The molecular weight excluding hydrogens is 160 g/mol. The van der Waals surface area contributed by atoms with Gasteiger partial charge in [0.2, 0.25) is 0 Å². The number of nitrogens with zero attached hydrogens (tertiary/aromatic N) is 2. The van der Waals surface area contributed by atoms with Crippen molar-refractivity contribution in [2.45, 2.75) is 6.92 Å². The Morgan fingerprint density at radius 2 is 2.33 bits per heavy atom. The van der Waals surface area contributed by atoms with E-state index < -0.39 is 4.92 Å². The molecule has 0 spiro atoms. The minimum atomic E-state index is -0.535. The number of rotatable bonds is 2. The van der Waals surface area contributed by atoms with Gasteiger partial charge in [-0.05, 0) is 16.8 Å². The molecule has 0 fully saturated rings. The zero-order chi connectivity index (χ0) is 9.14. The van der Waals surface area contributed by atoms with Crippen molar-refractivity contribution in [1.82, 2.24) is 4.98 Å². The molecule has 0 unspecified atom stereocenters. The van der Waals surface area contributed by atoms with Crippen LogP contribution in [0.1, 0.15) is 5.56 Å². The van der Waals surface area contributed by atoms with Crippen molar-refractivity contribution in [3.8, 4) is 5.75 Å². The van der Waals surface area contributed by atoms with Gasteiger partial charge >= 0.3 is 5.82 Å². The zero-order valence-electron chi connectivity index (χ0n) is 6.77. The Morgan fingerprint density at radius 3 is 2.75 bits per heavy atom. The van der Waals surface area contributed by atoms with Gasteiger partial charge in [-0.3, -0.25) is 0 Å². The van der Waals surface area contributed by atoms with E-state index in [0.717, 1.165) is 0 Å². The van der Waals surface area contributed by atoms with Crippen LogP contribution in [0.4, 0.5) is 5.82 Å². The summed E-state index contributed by atoms with van der Waals surface area (Å²) in [5, 5.41) is 10.3. The fourth-order valence-corrected chi connectivity index (χ4v) is 0.842. The number of hydrogen-bond donors (Lipinski definition) is 0. The molecule has 0 saturated carbocycles. The van der Waals surface area contributed by atoms with Gasteiger partial charge in [0.25, 0.3) is 0 Å². The summed E-state index contributed by atoms with van der Waals surface area (Å²) in [6.45, 7) is 1.73. The lowest BCUT2D eigenvalue weighted by molar-refractivity contribution is -0.389. The topological polar surface area (TPSA) is 65.3 Å². The van der Waals surface area contributed by atoms with Crippen molar-refractivity contribution in [1.29, 1.82) is 0 Å². The lowest BCUT2D eigenvalue weighted by Gasteiger charge is -2.00. The van der Waals surface area contributed by atoms with Crippen molar-refractivity contribution in [2.75, 3.05) is 7.11 Å². The van der Waals surface area contributed by atoms with Gasteiger partial charge in [0.1, 0.15) is 0 Å². The summed E-state index contributed by atoms with van der Waals surface area (Å²) in [5.74, 6) is 0.397. The maximum atomic E-state index is 10.3. The Balaban J connectivity index is 3.10. The molecule has 1 aromatic heterocycles. The lowest BCUT2D eigenvalue weighted by Crippen LogP contribution is -1.94. The Kier molecular flexibility index (Phi) is 2.23. The standard InChI is InChI=1S/C7H8N2O3/c1-5-3-7(9(10)11)8-4-6(5)12-2/h3-4H,1-2H3. The number of ether oxygens (including phenoxy) is 1. The molecule has 64 valence electrons. The maximum absolute atomic E-state index is 10.3. The SMILES string of the molecule is COc1cnc([N+](=O)[O-])cc1C. The van der Waals surface area contributed by atoms with E-state index in [4.69, 9.17) is 4.74 Å². The number of aryl methyl sites for hydroxylation is 1. The number of aromatic nitrogens is 1. The molecule has 1 heterocycles. The van der Waals surface area contributed by atoms with Gasteiger partial charge in [0.05, 0.1) is 7.11 Å². The number of nitro groups is 1. The number of hydrogen-bond acceptors (Lipinski definition) is 4. The van der Waals surface area contributed by atoms with Gasteiger partial charge in [-0.15, -0.1) is 0 Å². The summed E-state index contributed by atoms with van der Waals surface area (Å²) in [6, 6.07) is 1.37. The van der Waals surface area contributed by atoms with Crippen LogP contribution in [0, 0.1) is 17.0 Å². The highest BCUT2D eigenvalue weighted by Crippen LogP contribution is 2.19. The second-order valence-electron chi connectivity index (χ2n) is 2.27. The molecule has 0 N–H and O–H groups in total. The predicted molar refractivity (Wildman–Crippen MR) is 42.2 cm³/mol. The summed E-state index contributed by atoms with van der Waals surface area (Å²) < 4.78 is 4.89. The van der Waals surface area contributed by atoms with E-state index in [-0.39, 0.29) is 5.82 Å². The third-order valence-electron chi connectivity index (χ3n) is 1.46. The first-order chi connectivity index (χ1) is 5.65. The van der Waals surface area contributed by atoms with E-state index in [1.54, 1.807) is 6.92 Å². The van der Waals surface area contributed by atoms with Crippen molar-refractivity contribution in [3.05, 3.63) is 27.9 Å². The normalized spacial score (nSPS) is 9.50. The Labute approximate surface area is 69.1 Å². The second-order valence-corrected chi connectivity index (χ2v) is 2.27. The highest BCUT2D eigenvalue weighted by Gasteiger charge is 2.09. The summed E-state index contributed by atoms with van der Waals surface area (Å²) in [5.41, 5.74) is 0.708. The van der Waals surface area contributed by atoms with Crippen LogP contribution in [0.5, 0.6) is 5.75 Å². The maximum Gasteiger partial charge on any atom is 0.363 e. The molecule has 0 aliphatic carbocycles. The summed E-state index contributed by atoms with van der Waals surface area (Å²) in [7, 11) is 1.50. The average molecular weight is 168 g/mol. The molecule has 1 rings (SSSR count). The Bertz CT molecular complexity index is 312. The van der Waals surface area contributed by atoms with Gasteiger partial charge in [-0.2, -0.15) is 0 Å². The van der Waals surface area contributed by atoms with Crippen LogP contribution in [0.2, 0.25) is 0 Å². The minimum Gasteiger partial charge on any atom is -0.493 e. The van der Waals surface area contributed by atoms with Gasteiger partial charge < -0.3 is 14.9 Å². The molecule has 0 aromatic carbocycles. The predicted octanol–water partition coefficient (Wildman–Crippen LogP) is 1.31. The minimum absolute atomic E-state index is 0.159. The first-order valence-electron chi connectivity index (χ1n) is 3.30. The molecule has 12 heavy (non-hydrogen) atoms. The molecule has 0 amide bonds. The molecule has 0 atom stereocenters. The molecule has 5 heteroatoms. The van der Waals surface area contributed by atoms with Crippen molar-refractivity contribution in [3.63, 3.8) is 0 Å². The fraction of sp³-hybridized carbons (Fsp3) is 0.286. The van der Waals surface area contributed by atoms with E-state index in [1.165, 1.54) is 19.4 Å². The van der Waals surface area contributed by atoms with Crippen LogP contribution in [-0.2, 0) is 0 Å². The van der Waals surface area contributed by atoms with E-state index in [1.807, 2.05) is 0 Å². The van der Waals surface area contributed by atoms with E-state index in [9.17, 15) is 10.1 Å². The number of methoxy groups -OCH3 is 1. The molecular formula is C7H8N2O3. The number of pyridine rings is 1. The van der Waals surface area contributed by atoms with Crippen LogP contribution in [0.3, 0.4) is 0 Å². The molecule has 1 aromatic rings. The summed E-state index contributed by atoms with van der Waals surface area (Å²) in [4.78, 5) is 13.3. The Hall–Kier alpha value is -1.65. The van der Waals surface area contributed by atoms with E-state index in [0.29, 0.717) is 11.3 Å². The molecule has 0 aliphatic heterocycles. The van der Waals surface area contributed by atoms with Crippen molar-refractivity contribution in [2.24, 2.45) is 0 Å². The first kappa shape index (κ1) is 8.45. The molecule has 5 nitrogen and oxygen atoms in total. The van der Waals surface area contributed by atoms with Crippen molar-refractivity contribution < 1.29 is 9.66 Å². The van der Waals surface area contributed by atoms with E-state index >= 15 is 0 Å². The average Bonchev–Trinajstić information content (AvgIpc) is 2.04. The van der Waals surface area contributed by atoms with Crippen LogP contribution in [0.15, 0.2) is 12.3 Å². The third-order valence-corrected chi connectivity index (χ3v) is 1.46. The highest BCUT2D eigenvalue weighted by atomic mass is 16.6. The van der Waals surface area contributed by atoms with Gasteiger partial charge in [-0.25, -0.2) is 0 Å². The largest absolute Gasteiger partial charge is 0.493 e. The van der Waals surface area contributed by atoms with Gasteiger partial charge in [0.15, 0.2) is 11.9 Å².